The van der Waals surface area contributed by atoms with Crippen LogP contribution in [0.25, 0.3) is 22.5 Å². The Morgan fingerprint density at radius 3 is 2.48 bits per heavy atom. The van der Waals surface area contributed by atoms with Crippen molar-refractivity contribution in [1.29, 1.82) is 0 Å². The highest BCUT2D eigenvalue weighted by atomic mass is 32.1. The Hall–Kier alpha value is -2.40. The summed E-state index contributed by atoms with van der Waals surface area (Å²) in [5.41, 5.74) is 3.34. The van der Waals surface area contributed by atoms with Crippen molar-refractivity contribution in [3.63, 3.8) is 0 Å². The Morgan fingerprint density at radius 2 is 1.86 bits per heavy atom. The molecule has 0 saturated carbocycles. The summed E-state index contributed by atoms with van der Waals surface area (Å²) in [6.45, 7) is 3.84. The lowest BCUT2D eigenvalue weighted by atomic mass is 10.0. The van der Waals surface area contributed by atoms with Gasteiger partial charge in [0.2, 0.25) is 5.88 Å². The van der Waals surface area contributed by atoms with Gasteiger partial charge >= 0.3 is 0 Å². The van der Waals surface area contributed by atoms with Crippen molar-refractivity contribution in [3.8, 4) is 28.4 Å². The molecule has 0 unspecified atom stereocenters. The van der Waals surface area contributed by atoms with Gasteiger partial charge in [0.1, 0.15) is 11.4 Å². The first-order valence-corrected chi connectivity index (χ1v) is 7.44. The fourth-order valence-electron chi connectivity index (χ4n) is 2.29. The van der Waals surface area contributed by atoms with Crippen LogP contribution in [-0.4, -0.2) is 15.1 Å². The van der Waals surface area contributed by atoms with Gasteiger partial charge in [-0.25, -0.2) is 0 Å². The van der Waals surface area contributed by atoms with E-state index >= 15 is 0 Å². The third kappa shape index (κ3) is 2.36. The summed E-state index contributed by atoms with van der Waals surface area (Å²) < 4.78 is 0. The molecule has 0 amide bonds. The number of H-pyrrole nitrogens is 1. The summed E-state index contributed by atoms with van der Waals surface area (Å²) in [4.78, 5) is 19.3. The average molecular weight is 298 g/mol. The molecule has 0 spiro atoms. The molecule has 2 N–H and O–H groups in total. The molecule has 1 aromatic carbocycles. The highest BCUT2D eigenvalue weighted by molar-refractivity contribution is 7.08. The summed E-state index contributed by atoms with van der Waals surface area (Å²) in [7, 11) is 0. The van der Waals surface area contributed by atoms with E-state index in [-0.39, 0.29) is 17.0 Å². The fourth-order valence-corrected chi connectivity index (χ4v) is 3.12. The van der Waals surface area contributed by atoms with E-state index in [4.69, 9.17) is 0 Å². The number of hydrogen-bond acceptors (Lipinski definition) is 4. The number of rotatable bonds is 2. The lowest BCUT2D eigenvalue weighted by Gasteiger charge is -2.08. The SMILES string of the molecule is Cc1cscc1-c1nc(O)c(-c2ccccc2C)c(=O)[nH]1. The maximum atomic E-state index is 12.4. The zero-order chi connectivity index (χ0) is 15.0. The first-order chi connectivity index (χ1) is 10.1. The van der Waals surface area contributed by atoms with Crippen LogP contribution in [0.2, 0.25) is 0 Å². The minimum Gasteiger partial charge on any atom is -0.493 e. The first kappa shape index (κ1) is 13.6. The number of benzene rings is 1. The molecule has 0 atom stereocenters. The van der Waals surface area contributed by atoms with Crippen LogP contribution in [0.3, 0.4) is 0 Å². The number of aromatic nitrogens is 2. The number of thiophene rings is 1. The normalized spacial score (nSPS) is 10.8. The second-order valence-corrected chi connectivity index (χ2v) is 5.64. The molecular weight excluding hydrogens is 284 g/mol. The Morgan fingerprint density at radius 1 is 1.10 bits per heavy atom. The van der Waals surface area contributed by atoms with Crippen LogP contribution in [0.15, 0.2) is 39.8 Å². The summed E-state index contributed by atoms with van der Waals surface area (Å²) >= 11 is 1.53. The van der Waals surface area contributed by atoms with Crippen molar-refractivity contribution >= 4 is 11.3 Å². The van der Waals surface area contributed by atoms with Gasteiger partial charge < -0.3 is 10.1 Å². The fraction of sp³-hybridized carbons (Fsp3) is 0.125. The highest BCUT2D eigenvalue weighted by Crippen LogP contribution is 2.29. The molecule has 0 radical (unpaired) electrons. The van der Waals surface area contributed by atoms with E-state index in [1.165, 1.54) is 11.3 Å². The molecule has 3 aromatic rings. The third-order valence-electron chi connectivity index (χ3n) is 3.43. The Balaban J connectivity index is 2.21. The number of aryl methyl sites for hydroxylation is 2. The quantitative estimate of drug-likeness (QED) is 0.761. The van der Waals surface area contributed by atoms with Gasteiger partial charge in [-0.05, 0) is 35.9 Å². The van der Waals surface area contributed by atoms with E-state index in [1.54, 1.807) is 6.07 Å². The van der Waals surface area contributed by atoms with Gasteiger partial charge in [0.05, 0.1) is 0 Å². The molecule has 21 heavy (non-hydrogen) atoms. The maximum absolute atomic E-state index is 12.4. The van der Waals surface area contributed by atoms with E-state index in [1.807, 2.05) is 42.8 Å². The minimum atomic E-state index is -0.336. The summed E-state index contributed by atoms with van der Waals surface area (Å²) in [5, 5.41) is 14.1. The zero-order valence-corrected chi connectivity index (χ0v) is 12.5. The predicted octanol–water partition coefficient (Wildman–Crippen LogP) is 3.49. The highest BCUT2D eigenvalue weighted by Gasteiger charge is 2.16. The first-order valence-electron chi connectivity index (χ1n) is 6.50. The molecule has 106 valence electrons. The Labute approximate surface area is 125 Å². The van der Waals surface area contributed by atoms with Gasteiger partial charge in [-0.15, -0.1) is 0 Å². The second kappa shape index (κ2) is 5.18. The number of nitrogens with one attached hydrogen (secondary N) is 1. The van der Waals surface area contributed by atoms with Crippen LogP contribution in [-0.2, 0) is 0 Å². The molecule has 0 aliphatic heterocycles. The minimum absolute atomic E-state index is 0.213. The van der Waals surface area contributed by atoms with Crippen LogP contribution < -0.4 is 5.56 Å². The number of aromatic hydroxyl groups is 1. The average Bonchev–Trinajstić information content (AvgIpc) is 2.86. The van der Waals surface area contributed by atoms with Gasteiger partial charge in [0, 0.05) is 10.9 Å². The van der Waals surface area contributed by atoms with Crippen molar-refractivity contribution in [2.75, 3.05) is 0 Å². The molecular formula is C16H14N2O2S. The van der Waals surface area contributed by atoms with Gasteiger partial charge in [-0.2, -0.15) is 16.3 Å². The van der Waals surface area contributed by atoms with E-state index in [9.17, 15) is 9.90 Å². The van der Waals surface area contributed by atoms with E-state index in [0.29, 0.717) is 11.4 Å². The number of nitrogens with zero attached hydrogens (tertiary/aromatic N) is 1. The second-order valence-electron chi connectivity index (χ2n) is 4.90. The van der Waals surface area contributed by atoms with Crippen LogP contribution in [0.1, 0.15) is 11.1 Å². The lowest BCUT2D eigenvalue weighted by molar-refractivity contribution is 0.454. The van der Waals surface area contributed by atoms with Crippen molar-refractivity contribution in [3.05, 3.63) is 56.5 Å². The van der Waals surface area contributed by atoms with Gasteiger partial charge in [0.25, 0.3) is 5.56 Å². The van der Waals surface area contributed by atoms with Crippen LogP contribution in [0.4, 0.5) is 0 Å². The molecule has 0 aliphatic rings. The van der Waals surface area contributed by atoms with E-state index in [2.05, 4.69) is 9.97 Å². The maximum Gasteiger partial charge on any atom is 0.262 e. The largest absolute Gasteiger partial charge is 0.493 e. The molecule has 0 bridgehead atoms. The van der Waals surface area contributed by atoms with Crippen LogP contribution >= 0.6 is 11.3 Å². The number of aromatic amines is 1. The van der Waals surface area contributed by atoms with Crippen molar-refractivity contribution in [1.82, 2.24) is 9.97 Å². The molecule has 2 heterocycles. The Bertz CT molecular complexity index is 865. The van der Waals surface area contributed by atoms with Crippen molar-refractivity contribution < 1.29 is 5.11 Å². The molecule has 2 aromatic heterocycles. The third-order valence-corrected chi connectivity index (χ3v) is 4.29. The van der Waals surface area contributed by atoms with Crippen LogP contribution in [0, 0.1) is 13.8 Å². The van der Waals surface area contributed by atoms with E-state index < -0.39 is 0 Å². The summed E-state index contributed by atoms with van der Waals surface area (Å²) in [6, 6.07) is 7.42. The van der Waals surface area contributed by atoms with Gasteiger partial charge in [-0.1, -0.05) is 24.3 Å². The standard InChI is InChI=1S/C16H14N2O2S/c1-9-5-3-4-6-11(9)13-15(19)17-14(18-16(13)20)12-8-21-7-10(12)2/h3-8H,1-2H3,(H2,17,18,19,20). The lowest BCUT2D eigenvalue weighted by Crippen LogP contribution is -2.12. The molecule has 0 aliphatic carbocycles. The van der Waals surface area contributed by atoms with Gasteiger partial charge in [-0.3, -0.25) is 4.79 Å². The van der Waals surface area contributed by atoms with Crippen LogP contribution in [0.5, 0.6) is 5.88 Å². The topological polar surface area (TPSA) is 66.0 Å². The molecule has 0 fully saturated rings. The van der Waals surface area contributed by atoms with Gasteiger partial charge in [0.15, 0.2) is 0 Å². The Kier molecular flexibility index (Phi) is 3.35. The zero-order valence-electron chi connectivity index (χ0n) is 11.7. The smallest absolute Gasteiger partial charge is 0.262 e. The van der Waals surface area contributed by atoms with Crippen molar-refractivity contribution in [2.24, 2.45) is 0 Å². The monoisotopic (exact) mass is 298 g/mol. The number of hydrogen-bond donors (Lipinski definition) is 2. The summed E-state index contributed by atoms with van der Waals surface area (Å²) in [5.74, 6) is 0.155. The van der Waals surface area contributed by atoms with E-state index in [0.717, 1.165) is 16.7 Å². The molecule has 4 nitrogen and oxygen atoms in total. The molecule has 5 heteroatoms. The molecule has 3 rings (SSSR count). The predicted molar refractivity (Wildman–Crippen MR) is 84.7 cm³/mol. The molecule has 0 saturated heterocycles. The van der Waals surface area contributed by atoms with Crippen molar-refractivity contribution in [2.45, 2.75) is 13.8 Å². The summed E-state index contributed by atoms with van der Waals surface area (Å²) in [6.07, 6.45) is 0.